The van der Waals surface area contributed by atoms with Crippen LogP contribution >= 0.6 is 0 Å². The molecule has 0 aromatic heterocycles. The van der Waals surface area contributed by atoms with Crippen LogP contribution in [0, 0.1) is 11.2 Å². The van der Waals surface area contributed by atoms with Crippen molar-refractivity contribution in [1.29, 1.82) is 0 Å². The smallest absolute Gasteiger partial charge is 0.254 e. The molecular formula is C20H20FNO2. The van der Waals surface area contributed by atoms with E-state index in [2.05, 4.69) is 24.3 Å². The van der Waals surface area contributed by atoms with Crippen LogP contribution in [-0.4, -0.2) is 31.0 Å². The highest BCUT2D eigenvalue weighted by atomic mass is 19.1. The van der Waals surface area contributed by atoms with Crippen LogP contribution in [-0.2, 0) is 0 Å². The molecule has 1 saturated heterocycles. The Labute approximate surface area is 141 Å². The van der Waals surface area contributed by atoms with E-state index in [0.717, 1.165) is 25.9 Å². The average Bonchev–Trinajstić information content (AvgIpc) is 2.53. The molecule has 1 aliphatic heterocycles. The first-order valence-electron chi connectivity index (χ1n) is 8.28. The molecule has 2 aliphatic rings. The SMILES string of the molecule is COc1ccc(C(=O)N2CC3(CC(c4ccccc4)C3)C2)cc1F. The first kappa shape index (κ1) is 15.2. The van der Waals surface area contributed by atoms with E-state index >= 15 is 0 Å². The highest BCUT2D eigenvalue weighted by Gasteiger charge is 2.53. The van der Waals surface area contributed by atoms with Crippen LogP contribution in [0.3, 0.4) is 0 Å². The number of rotatable bonds is 3. The number of likely N-dealkylation sites (tertiary alicyclic amines) is 1. The second-order valence-corrected chi connectivity index (χ2v) is 7.03. The normalized spacial score (nSPS) is 18.8. The van der Waals surface area contributed by atoms with E-state index in [1.165, 1.54) is 24.8 Å². The van der Waals surface area contributed by atoms with Crippen LogP contribution < -0.4 is 4.74 Å². The lowest BCUT2D eigenvalue weighted by Crippen LogP contribution is -2.63. The van der Waals surface area contributed by atoms with Gasteiger partial charge in [-0.2, -0.15) is 0 Å². The van der Waals surface area contributed by atoms with Crippen LogP contribution in [0.25, 0.3) is 0 Å². The number of methoxy groups -OCH3 is 1. The van der Waals surface area contributed by atoms with Gasteiger partial charge in [-0.25, -0.2) is 4.39 Å². The standard InChI is InChI=1S/C20H20FNO2/c1-24-18-8-7-15(9-17(18)21)19(23)22-12-20(13-22)10-16(11-20)14-5-3-2-4-6-14/h2-9,16H,10-13H2,1H3. The third kappa shape index (κ3) is 2.46. The van der Waals surface area contributed by atoms with Crippen molar-refractivity contribution < 1.29 is 13.9 Å². The maximum absolute atomic E-state index is 13.8. The molecule has 4 heteroatoms. The zero-order valence-electron chi connectivity index (χ0n) is 13.7. The lowest BCUT2D eigenvalue weighted by molar-refractivity contribution is -0.0554. The summed E-state index contributed by atoms with van der Waals surface area (Å²) in [6.45, 7) is 1.56. The minimum Gasteiger partial charge on any atom is -0.494 e. The number of nitrogens with zero attached hydrogens (tertiary/aromatic N) is 1. The van der Waals surface area contributed by atoms with E-state index in [0.29, 0.717) is 11.5 Å². The van der Waals surface area contributed by atoms with Crippen LogP contribution in [0.4, 0.5) is 4.39 Å². The third-order valence-corrected chi connectivity index (χ3v) is 5.37. The van der Waals surface area contributed by atoms with Crippen molar-refractivity contribution in [2.75, 3.05) is 20.2 Å². The van der Waals surface area contributed by atoms with Gasteiger partial charge in [0.05, 0.1) is 7.11 Å². The largest absolute Gasteiger partial charge is 0.494 e. The number of amides is 1. The molecule has 1 aliphatic carbocycles. The highest BCUT2D eigenvalue weighted by molar-refractivity contribution is 5.95. The van der Waals surface area contributed by atoms with Crippen molar-refractivity contribution >= 4 is 5.91 Å². The van der Waals surface area contributed by atoms with E-state index in [1.54, 1.807) is 6.07 Å². The van der Waals surface area contributed by atoms with E-state index in [9.17, 15) is 9.18 Å². The Morgan fingerprint density at radius 1 is 1.17 bits per heavy atom. The van der Waals surface area contributed by atoms with Gasteiger partial charge in [0.1, 0.15) is 0 Å². The van der Waals surface area contributed by atoms with Crippen LogP contribution in [0.15, 0.2) is 48.5 Å². The van der Waals surface area contributed by atoms with Crippen LogP contribution in [0.1, 0.15) is 34.7 Å². The van der Waals surface area contributed by atoms with Gasteiger partial charge in [-0.15, -0.1) is 0 Å². The molecule has 4 rings (SSSR count). The number of benzene rings is 2. The third-order valence-electron chi connectivity index (χ3n) is 5.37. The quantitative estimate of drug-likeness (QED) is 0.858. The molecule has 1 saturated carbocycles. The second-order valence-electron chi connectivity index (χ2n) is 7.03. The Kier molecular flexibility index (Phi) is 3.56. The summed E-state index contributed by atoms with van der Waals surface area (Å²) in [6, 6.07) is 15.0. The van der Waals surface area contributed by atoms with E-state index in [-0.39, 0.29) is 17.1 Å². The number of hydrogen-bond acceptors (Lipinski definition) is 2. The molecule has 3 nitrogen and oxygen atoms in total. The molecule has 2 aromatic rings. The molecule has 0 N–H and O–H groups in total. The van der Waals surface area contributed by atoms with Gasteiger partial charge in [0.15, 0.2) is 11.6 Å². The van der Waals surface area contributed by atoms with Gasteiger partial charge in [-0.3, -0.25) is 4.79 Å². The van der Waals surface area contributed by atoms with Crippen molar-refractivity contribution in [1.82, 2.24) is 4.90 Å². The monoisotopic (exact) mass is 325 g/mol. The fraction of sp³-hybridized carbons (Fsp3) is 0.350. The van der Waals surface area contributed by atoms with Gasteiger partial charge >= 0.3 is 0 Å². The van der Waals surface area contributed by atoms with Gasteiger partial charge in [0.2, 0.25) is 0 Å². The number of ether oxygens (including phenoxy) is 1. The summed E-state index contributed by atoms with van der Waals surface area (Å²) >= 11 is 0. The zero-order chi connectivity index (χ0) is 16.7. The molecule has 2 fully saturated rings. The molecular weight excluding hydrogens is 305 g/mol. The number of carbonyl (C=O) groups is 1. The summed E-state index contributed by atoms with van der Waals surface area (Å²) in [4.78, 5) is 14.3. The molecule has 2 aromatic carbocycles. The molecule has 1 amide bonds. The predicted octanol–water partition coefficient (Wildman–Crippen LogP) is 3.85. The van der Waals surface area contributed by atoms with E-state index < -0.39 is 5.82 Å². The van der Waals surface area contributed by atoms with E-state index in [1.807, 2.05) is 11.0 Å². The summed E-state index contributed by atoms with van der Waals surface area (Å²) < 4.78 is 18.7. The predicted molar refractivity (Wildman–Crippen MR) is 89.7 cm³/mol. The van der Waals surface area contributed by atoms with Crippen LogP contribution in [0.2, 0.25) is 0 Å². The first-order chi connectivity index (χ1) is 11.6. The molecule has 0 atom stereocenters. The minimum absolute atomic E-state index is 0.0923. The molecule has 124 valence electrons. The average molecular weight is 325 g/mol. The van der Waals surface area contributed by atoms with Gasteiger partial charge in [0, 0.05) is 24.1 Å². The summed E-state index contributed by atoms with van der Waals surface area (Å²) in [7, 11) is 1.42. The summed E-state index contributed by atoms with van der Waals surface area (Å²) in [5, 5.41) is 0. The van der Waals surface area contributed by atoms with Gasteiger partial charge in [-0.1, -0.05) is 30.3 Å². The number of carbonyl (C=O) groups excluding carboxylic acids is 1. The second kappa shape index (κ2) is 5.62. The van der Waals surface area contributed by atoms with Crippen molar-refractivity contribution in [3.05, 3.63) is 65.5 Å². The highest BCUT2D eigenvalue weighted by Crippen LogP contribution is 2.56. The van der Waals surface area contributed by atoms with E-state index in [4.69, 9.17) is 4.74 Å². The fourth-order valence-corrected chi connectivity index (χ4v) is 4.09. The molecule has 1 spiro atoms. The zero-order valence-corrected chi connectivity index (χ0v) is 13.7. The van der Waals surface area contributed by atoms with Crippen LogP contribution in [0.5, 0.6) is 5.75 Å². The minimum atomic E-state index is -0.494. The van der Waals surface area contributed by atoms with Crippen molar-refractivity contribution in [2.24, 2.45) is 5.41 Å². The lowest BCUT2D eigenvalue weighted by atomic mass is 9.56. The van der Waals surface area contributed by atoms with Crippen molar-refractivity contribution in [2.45, 2.75) is 18.8 Å². The maximum Gasteiger partial charge on any atom is 0.254 e. The summed E-state index contributed by atoms with van der Waals surface area (Å²) in [6.07, 6.45) is 2.27. The summed E-state index contributed by atoms with van der Waals surface area (Å²) in [5.41, 5.74) is 2.06. The Balaban J connectivity index is 1.36. The molecule has 0 radical (unpaired) electrons. The van der Waals surface area contributed by atoms with Crippen molar-refractivity contribution in [3.63, 3.8) is 0 Å². The Bertz CT molecular complexity index is 760. The fourth-order valence-electron chi connectivity index (χ4n) is 4.09. The number of hydrogen-bond donors (Lipinski definition) is 0. The molecule has 0 unspecified atom stereocenters. The Morgan fingerprint density at radius 2 is 1.88 bits per heavy atom. The topological polar surface area (TPSA) is 29.5 Å². The first-order valence-corrected chi connectivity index (χ1v) is 8.28. The maximum atomic E-state index is 13.8. The molecule has 1 heterocycles. The summed E-state index contributed by atoms with van der Waals surface area (Å²) in [5.74, 6) is 0.190. The number of halogens is 1. The van der Waals surface area contributed by atoms with Gasteiger partial charge in [-0.05, 0) is 42.5 Å². The molecule has 0 bridgehead atoms. The Hall–Kier alpha value is -2.36. The van der Waals surface area contributed by atoms with Crippen molar-refractivity contribution in [3.8, 4) is 5.75 Å². The lowest BCUT2D eigenvalue weighted by Gasteiger charge is -2.59. The van der Waals surface area contributed by atoms with Gasteiger partial charge in [0.25, 0.3) is 5.91 Å². The van der Waals surface area contributed by atoms with Gasteiger partial charge < -0.3 is 9.64 Å². The molecule has 24 heavy (non-hydrogen) atoms. The Morgan fingerprint density at radius 3 is 2.50 bits per heavy atom.